The van der Waals surface area contributed by atoms with E-state index in [1.54, 1.807) is 13.1 Å². The van der Waals surface area contributed by atoms with E-state index in [0.29, 0.717) is 23.0 Å². The Labute approximate surface area is 177 Å². The van der Waals surface area contributed by atoms with Gasteiger partial charge in [-0.3, -0.25) is 9.36 Å². The highest BCUT2D eigenvalue weighted by atomic mass is 16.4. The van der Waals surface area contributed by atoms with Gasteiger partial charge in [-0.05, 0) is 43.5 Å². The summed E-state index contributed by atoms with van der Waals surface area (Å²) in [6.07, 6.45) is 3.37. The van der Waals surface area contributed by atoms with Crippen LogP contribution in [0.25, 0.3) is 45.1 Å². The molecule has 5 aromatic rings. The second kappa shape index (κ2) is 6.57. The highest BCUT2D eigenvalue weighted by molar-refractivity contribution is 5.86. The van der Waals surface area contributed by atoms with Gasteiger partial charge >= 0.3 is 0 Å². The lowest BCUT2D eigenvalue weighted by atomic mass is 9.92. The first-order chi connectivity index (χ1) is 15.1. The molecule has 1 saturated carbocycles. The Hall–Kier alpha value is -3.87. The molecule has 0 amide bonds. The Balaban J connectivity index is 1.63. The largest absolute Gasteiger partial charge is 0.501 e. The third-order valence-electron chi connectivity index (χ3n) is 6.18. The third-order valence-corrected chi connectivity index (χ3v) is 6.18. The van der Waals surface area contributed by atoms with Crippen LogP contribution in [0.2, 0.25) is 0 Å². The van der Waals surface area contributed by atoms with Crippen LogP contribution in [0.15, 0.2) is 63.8 Å². The molecule has 7 nitrogen and oxygen atoms in total. The van der Waals surface area contributed by atoms with Crippen LogP contribution < -0.4 is 5.56 Å². The van der Waals surface area contributed by atoms with Gasteiger partial charge in [0.25, 0.3) is 5.56 Å². The van der Waals surface area contributed by atoms with Gasteiger partial charge in [-0.15, -0.1) is 0 Å². The molecule has 0 radical (unpaired) electrons. The molecular formula is C24H20N4O3. The van der Waals surface area contributed by atoms with Crippen LogP contribution in [0.5, 0.6) is 5.75 Å². The number of hydrogen-bond acceptors (Lipinski definition) is 5. The standard InChI is InChI=1S/C24H20N4O3/c1-27-22(18-13-14-7-2-4-11-17(14)28(18)15-8-6-9-15)26-20(21(29)24(27)30)23-25-16-10-3-5-12-19(16)31-23/h2-5,7,10-13,15,29H,6,8-9H2,1H3. The predicted molar refractivity (Wildman–Crippen MR) is 118 cm³/mol. The molecule has 1 fully saturated rings. The molecule has 1 N–H and O–H groups in total. The molecule has 7 heteroatoms. The number of nitrogens with zero attached hydrogens (tertiary/aromatic N) is 4. The number of aromatic hydroxyl groups is 1. The van der Waals surface area contributed by atoms with Crippen molar-refractivity contribution < 1.29 is 9.52 Å². The number of oxazole rings is 1. The normalized spacial score (nSPS) is 14.4. The van der Waals surface area contributed by atoms with Crippen molar-refractivity contribution in [2.45, 2.75) is 25.3 Å². The molecule has 6 rings (SSSR count). The molecule has 3 aromatic heterocycles. The van der Waals surface area contributed by atoms with Crippen molar-refractivity contribution in [3.8, 4) is 28.9 Å². The molecule has 2 aromatic carbocycles. The van der Waals surface area contributed by atoms with E-state index in [4.69, 9.17) is 9.40 Å². The van der Waals surface area contributed by atoms with Crippen molar-refractivity contribution in [1.82, 2.24) is 19.1 Å². The fourth-order valence-corrected chi connectivity index (χ4v) is 4.33. The monoisotopic (exact) mass is 412 g/mol. The third kappa shape index (κ3) is 2.63. The molecular weight excluding hydrogens is 392 g/mol. The number of hydrogen-bond donors (Lipinski definition) is 1. The first-order valence-corrected chi connectivity index (χ1v) is 10.4. The second-order valence-corrected chi connectivity index (χ2v) is 8.03. The van der Waals surface area contributed by atoms with Gasteiger partial charge in [0, 0.05) is 24.0 Å². The van der Waals surface area contributed by atoms with E-state index in [1.165, 1.54) is 11.0 Å². The van der Waals surface area contributed by atoms with E-state index in [2.05, 4.69) is 27.8 Å². The maximum absolute atomic E-state index is 12.9. The van der Waals surface area contributed by atoms with Crippen LogP contribution in [0.1, 0.15) is 25.3 Å². The van der Waals surface area contributed by atoms with Gasteiger partial charge in [0.1, 0.15) is 5.52 Å². The van der Waals surface area contributed by atoms with Gasteiger partial charge in [0.2, 0.25) is 11.6 Å². The molecule has 3 heterocycles. The Bertz CT molecular complexity index is 1490. The van der Waals surface area contributed by atoms with Crippen molar-refractivity contribution in [2.24, 2.45) is 7.05 Å². The minimum Gasteiger partial charge on any atom is -0.501 e. The summed E-state index contributed by atoms with van der Waals surface area (Å²) >= 11 is 0. The first-order valence-electron chi connectivity index (χ1n) is 10.4. The van der Waals surface area contributed by atoms with Gasteiger partial charge in [-0.2, -0.15) is 0 Å². The fraction of sp³-hybridized carbons (Fsp3) is 0.208. The zero-order valence-corrected chi connectivity index (χ0v) is 16.9. The van der Waals surface area contributed by atoms with Crippen molar-refractivity contribution in [3.63, 3.8) is 0 Å². The first kappa shape index (κ1) is 17.9. The summed E-state index contributed by atoms with van der Waals surface area (Å²) in [6.45, 7) is 0. The van der Waals surface area contributed by atoms with Crippen molar-refractivity contribution in [3.05, 3.63) is 65.0 Å². The molecule has 0 atom stereocenters. The van der Waals surface area contributed by atoms with E-state index in [9.17, 15) is 9.90 Å². The minimum absolute atomic E-state index is 0.0553. The fourth-order valence-electron chi connectivity index (χ4n) is 4.33. The molecule has 0 saturated heterocycles. The van der Waals surface area contributed by atoms with Crippen LogP contribution in [0, 0.1) is 0 Å². The summed E-state index contributed by atoms with van der Waals surface area (Å²) in [5, 5.41) is 11.7. The Morgan fingerprint density at radius 2 is 1.84 bits per heavy atom. The Morgan fingerprint density at radius 1 is 1.06 bits per heavy atom. The number of rotatable bonds is 3. The minimum atomic E-state index is -0.535. The quantitative estimate of drug-likeness (QED) is 0.466. The van der Waals surface area contributed by atoms with E-state index in [0.717, 1.165) is 29.4 Å². The zero-order chi connectivity index (χ0) is 21.1. The number of aromatic nitrogens is 4. The Kier molecular flexibility index (Phi) is 3.80. The number of para-hydroxylation sites is 3. The van der Waals surface area contributed by atoms with Gasteiger partial charge < -0.3 is 14.1 Å². The highest BCUT2D eigenvalue weighted by Crippen LogP contribution is 2.40. The molecule has 31 heavy (non-hydrogen) atoms. The van der Waals surface area contributed by atoms with Crippen LogP contribution in [-0.2, 0) is 7.05 Å². The molecule has 1 aliphatic rings. The number of benzene rings is 2. The van der Waals surface area contributed by atoms with E-state index >= 15 is 0 Å². The van der Waals surface area contributed by atoms with Gasteiger partial charge in [-0.1, -0.05) is 30.3 Å². The maximum atomic E-state index is 12.9. The molecule has 0 unspecified atom stereocenters. The average molecular weight is 412 g/mol. The summed E-state index contributed by atoms with van der Waals surface area (Å²) in [5.74, 6) is 0.135. The lowest BCUT2D eigenvalue weighted by Crippen LogP contribution is -2.23. The summed E-state index contributed by atoms with van der Waals surface area (Å²) in [5.41, 5.74) is 2.71. The van der Waals surface area contributed by atoms with Crippen molar-refractivity contribution in [1.29, 1.82) is 0 Å². The van der Waals surface area contributed by atoms with Crippen molar-refractivity contribution >= 4 is 22.0 Å². The average Bonchev–Trinajstić information content (AvgIpc) is 3.33. The van der Waals surface area contributed by atoms with E-state index in [-0.39, 0.29) is 11.6 Å². The van der Waals surface area contributed by atoms with Gasteiger partial charge in [-0.25, -0.2) is 9.97 Å². The van der Waals surface area contributed by atoms with Crippen LogP contribution in [0.4, 0.5) is 0 Å². The molecule has 0 bridgehead atoms. The second-order valence-electron chi connectivity index (χ2n) is 8.03. The predicted octanol–water partition coefficient (Wildman–Crippen LogP) is 4.64. The molecule has 0 aliphatic heterocycles. The summed E-state index contributed by atoms with van der Waals surface area (Å²) in [6, 6.07) is 17.9. The van der Waals surface area contributed by atoms with Crippen LogP contribution in [-0.4, -0.2) is 24.2 Å². The van der Waals surface area contributed by atoms with Gasteiger partial charge in [0.05, 0.1) is 5.69 Å². The topological polar surface area (TPSA) is 86.1 Å². The number of fused-ring (bicyclic) bond motifs is 2. The van der Waals surface area contributed by atoms with Gasteiger partial charge in [0.15, 0.2) is 17.1 Å². The van der Waals surface area contributed by atoms with Crippen molar-refractivity contribution in [2.75, 3.05) is 0 Å². The zero-order valence-electron chi connectivity index (χ0n) is 16.9. The lowest BCUT2D eigenvalue weighted by Gasteiger charge is -2.30. The smallest absolute Gasteiger partial charge is 0.296 e. The summed E-state index contributed by atoms with van der Waals surface area (Å²) in [7, 11) is 1.63. The summed E-state index contributed by atoms with van der Waals surface area (Å²) < 4.78 is 9.47. The highest BCUT2D eigenvalue weighted by Gasteiger charge is 2.27. The van der Waals surface area contributed by atoms with E-state index in [1.807, 2.05) is 30.3 Å². The lowest BCUT2D eigenvalue weighted by molar-refractivity contribution is 0.323. The molecule has 1 aliphatic carbocycles. The van der Waals surface area contributed by atoms with Crippen LogP contribution in [0.3, 0.4) is 0 Å². The summed E-state index contributed by atoms with van der Waals surface area (Å²) in [4.78, 5) is 22.1. The SMILES string of the molecule is Cn1c(-c2cc3ccccc3n2C2CCC2)nc(-c2nc3ccccc3o2)c(O)c1=O. The van der Waals surface area contributed by atoms with E-state index < -0.39 is 11.3 Å². The molecule has 154 valence electrons. The maximum Gasteiger partial charge on any atom is 0.296 e. The molecule has 0 spiro atoms. The van der Waals surface area contributed by atoms with Crippen LogP contribution >= 0.6 is 0 Å². The Morgan fingerprint density at radius 3 is 2.61 bits per heavy atom.